The van der Waals surface area contributed by atoms with Crippen LogP contribution in [-0.2, 0) is 6.42 Å². The largest absolute Gasteiger partial charge is 0.359 e. The first-order valence-electron chi connectivity index (χ1n) is 5.71. The van der Waals surface area contributed by atoms with Crippen molar-refractivity contribution in [3.8, 4) is 0 Å². The van der Waals surface area contributed by atoms with Crippen molar-refractivity contribution in [2.45, 2.75) is 25.8 Å². The molecule has 0 aromatic heterocycles. The van der Waals surface area contributed by atoms with E-state index < -0.39 is 0 Å². The highest BCUT2D eigenvalue weighted by Gasteiger charge is 2.03. The Morgan fingerprint density at radius 1 is 1.29 bits per heavy atom. The minimum atomic E-state index is 0. The minimum Gasteiger partial charge on any atom is -0.359 e. The zero-order chi connectivity index (χ0) is 11.8. The van der Waals surface area contributed by atoms with Crippen molar-refractivity contribution in [2.75, 3.05) is 14.1 Å². The van der Waals surface area contributed by atoms with Gasteiger partial charge in [-0.15, -0.1) is 24.0 Å². The predicted molar refractivity (Wildman–Crippen MR) is 85.2 cm³/mol. The van der Waals surface area contributed by atoms with Crippen LogP contribution in [0.15, 0.2) is 35.3 Å². The predicted octanol–water partition coefficient (Wildman–Crippen LogP) is 2.42. The highest BCUT2D eigenvalue weighted by molar-refractivity contribution is 14.0. The Morgan fingerprint density at radius 2 is 1.94 bits per heavy atom. The fraction of sp³-hybridized carbons (Fsp3) is 0.462. The van der Waals surface area contributed by atoms with Gasteiger partial charge in [-0.25, -0.2) is 0 Å². The van der Waals surface area contributed by atoms with Gasteiger partial charge in [0.15, 0.2) is 5.96 Å². The van der Waals surface area contributed by atoms with Crippen molar-refractivity contribution in [1.29, 1.82) is 0 Å². The van der Waals surface area contributed by atoms with Gasteiger partial charge in [0.1, 0.15) is 0 Å². The lowest BCUT2D eigenvalue weighted by Gasteiger charge is -2.16. The first-order chi connectivity index (χ1) is 7.76. The van der Waals surface area contributed by atoms with Crippen molar-refractivity contribution < 1.29 is 0 Å². The third-order valence-electron chi connectivity index (χ3n) is 2.55. The second-order valence-corrected chi connectivity index (χ2v) is 3.89. The van der Waals surface area contributed by atoms with Crippen LogP contribution in [0, 0.1) is 0 Å². The highest BCUT2D eigenvalue weighted by Crippen LogP contribution is 2.04. The van der Waals surface area contributed by atoms with Gasteiger partial charge in [-0.3, -0.25) is 4.99 Å². The average molecular weight is 347 g/mol. The second-order valence-electron chi connectivity index (χ2n) is 3.89. The van der Waals surface area contributed by atoms with Gasteiger partial charge in [-0.05, 0) is 25.3 Å². The van der Waals surface area contributed by atoms with Gasteiger partial charge in [0.05, 0.1) is 0 Å². The summed E-state index contributed by atoms with van der Waals surface area (Å²) < 4.78 is 0. The summed E-state index contributed by atoms with van der Waals surface area (Å²) in [6, 6.07) is 11.0. The van der Waals surface area contributed by atoms with E-state index in [1.165, 1.54) is 5.56 Å². The third kappa shape index (κ3) is 6.51. The van der Waals surface area contributed by atoms with Crippen molar-refractivity contribution in [1.82, 2.24) is 10.6 Å². The zero-order valence-electron chi connectivity index (χ0n) is 10.7. The zero-order valence-corrected chi connectivity index (χ0v) is 13.1. The summed E-state index contributed by atoms with van der Waals surface area (Å²) in [7, 11) is 3.65. The quantitative estimate of drug-likeness (QED) is 0.499. The lowest BCUT2D eigenvalue weighted by molar-refractivity contribution is 0.598. The molecule has 0 spiro atoms. The van der Waals surface area contributed by atoms with Crippen LogP contribution < -0.4 is 10.6 Å². The molecular formula is C13H22IN3. The van der Waals surface area contributed by atoms with E-state index in [0.717, 1.165) is 18.8 Å². The van der Waals surface area contributed by atoms with Gasteiger partial charge in [-0.1, -0.05) is 30.3 Å². The van der Waals surface area contributed by atoms with E-state index in [2.05, 4.69) is 46.8 Å². The van der Waals surface area contributed by atoms with Gasteiger partial charge in [-0.2, -0.15) is 0 Å². The minimum absolute atomic E-state index is 0. The number of aryl methyl sites for hydroxylation is 1. The van der Waals surface area contributed by atoms with Gasteiger partial charge in [0, 0.05) is 20.1 Å². The van der Waals surface area contributed by atoms with Gasteiger partial charge < -0.3 is 10.6 Å². The normalized spacial score (nSPS) is 12.5. The molecule has 0 aliphatic carbocycles. The van der Waals surface area contributed by atoms with Crippen molar-refractivity contribution in [2.24, 2.45) is 4.99 Å². The molecule has 3 nitrogen and oxygen atoms in total. The van der Waals surface area contributed by atoms with Crippen LogP contribution in [-0.4, -0.2) is 26.1 Å². The molecule has 1 atom stereocenters. The van der Waals surface area contributed by atoms with E-state index in [9.17, 15) is 0 Å². The molecule has 1 unspecified atom stereocenters. The number of nitrogens with zero attached hydrogens (tertiary/aromatic N) is 1. The first-order valence-corrected chi connectivity index (χ1v) is 5.71. The SMILES string of the molecule is CN=C(NC)NC(C)CCc1ccccc1.I. The molecule has 0 saturated carbocycles. The third-order valence-corrected chi connectivity index (χ3v) is 2.55. The molecule has 0 amide bonds. The molecule has 1 aromatic rings. The standard InChI is InChI=1S/C13H21N3.HI/c1-11(16-13(14-2)15-3)9-10-12-7-5-4-6-8-12;/h4-8,11H,9-10H2,1-3H3,(H2,14,15,16);1H. The van der Waals surface area contributed by atoms with Crippen LogP contribution in [0.4, 0.5) is 0 Å². The number of hydrogen-bond donors (Lipinski definition) is 2. The lowest BCUT2D eigenvalue weighted by atomic mass is 10.1. The molecule has 1 rings (SSSR count). The topological polar surface area (TPSA) is 36.4 Å². The molecular weight excluding hydrogens is 325 g/mol. The molecule has 0 saturated heterocycles. The Labute approximate surface area is 121 Å². The summed E-state index contributed by atoms with van der Waals surface area (Å²) in [4.78, 5) is 4.10. The van der Waals surface area contributed by atoms with Crippen LogP contribution >= 0.6 is 24.0 Å². The van der Waals surface area contributed by atoms with Gasteiger partial charge in [0.25, 0.3) is 0 Å². The van der Waals surface area contributed by atoms with Crippen molar-refractivity contribution in [3.63, 3.8) is 0 Å². The summed E-state index contributed by atoms with van der Waals surface area (Å²) in [5.74, 6) is 0.848. The molecule has 2 N–H and O–H groups in total. The smallest absolute Gasteiger partial charge is 0.190 e. The average Bonchev–Trinajstić information content (AvgIpc) is 2.34. The molecule has 0 bridgehead atoms. The highest BCUT2D eigenvalue weighted by atomic mass is 127. The van der Waals surface area contributed by atoms with Crippen LogP contribution in [0.5, 0.6) is 0 Å². The molecule has 96 valence electrons. The maximum absolute atomic E-state index is 4.10. The summed E-state index contributed by atoms with van der Waals surface area (Å²) in [5, 5.41) is 6.35. The van der Waals surface area contributed by atoms with Gasteiger partial charge >= 0.3 is 0 Å². The number of halogens is 1. The summed E-state index contributed by atoms with van der Waals surface area (Å²) >= 11 is 0. The van der Waals surface area contributed by atoms with Crippen LogP contribution in [0.3, 0.4) is 0 Å². The van der Waals surface area contributed by atoms with E-state index in [1.807, 2.05) is 13.1 Å². The Kier molecular flexibility index (Phi) is 8.85. The summed E-state index contributed by atoms with van der Waals surface area (Å²) in [6.07, 6.45) is 2.19. The number of guanidine groups is 1. The molecule has 0 aliphatic rings. The molecule has 0 heterocycles. The molecule has 1 aromatic carbocycles. The van der Waals surface area contributed by atoms with Crippen LogP contribution in [0.2, 0.25) is 0 Å². The second kappa shape index (κ2) is 9.27. The van der Waals surface area contributed by atoms with Crippen molar-refractivity contribution in [3.05, 3.63) is 35.9 Å². The number of rotatable bonds is 4. The monoisotopic (exact) mass is 347 g/mol. The summed E-state index contributed by atoms with van der Waals surface area (Å²) in [6.45, 7) is 2.17. The van der Waals surface area contributed by atoms with E-state index >= 15 is 0 Å². The Balaban J connectivity index is 0.00000256. The Morgan fingerprint density at radius 3 is 2.47 bits per heavy atom. The van der Waals surface area contributed by atoms with Crippen LogP contribution in [0.1, 0.15) is 18.9 Å². The molecule has 0 fully saturated rings. The number of benzene rings is 1. The van der Waals surface area contributed by atoms with E-state index in [-0.39, 0.29) is 24.0 Å². The summed E-state index contributed by atoms with van der Waals surface area (Å²) in [5.41, 5.74) is 1.38. The maximum atomic E-state index is 4.10. The number of aliphatic imine (C=N–C) groups is 1. The van der Waals surface area contributed by atoms with E-state index in [0.29, 0.717) is 6.04 Å². The molecule has 4 heteroatoms. The first kappa shape index (κ1) is 16.2. The maximum Gasteiger partial charge on any atom is 0.190 e. The van der Waals surface area contributed by atoms with E-state index in [4.69, 9.17) is 0 Å². The number of nitrogens with one attached hydrogen (secondary N) is 2. The van der Waals surface area contributed by atoms with Crippen molar-refractivity contribution >= 4 is 29.9 Å². The fourth-order valence-corrected chi connectivity index (χ4v) is 1.58. The van der Waals surface area contributed by atoms with Gasteiger partial charge in [0.2, 0.25) is 0 Å². The van der Waals surface area contributed by atoms with Crippen LogP contribution in [0.25, 0.3) is 0 Å². The lowest BCUT2D eigenvalue weighted by Crippen LogP contribution is -2.40. The molecule has 0 aliphatic heterocycles. The Hall–Kier alpha value is -0.780. The Bertz CT molecular complexity index is 325. The molecule has 17 heavy (non-hydrogen) atoms. The van der Waals surface area contributed by atoms with E-state index in [1.54, 1.807) is 7.05 Å². The molecule has 0 radical (unpaired) electrons. The number of hydrogen-bond acceptors (Lipinski definition) is 1. The fourth-order valence-electron chi connectivity index (χ4n) is 1.58.